The lowest BCUT2D eigenvalue weighted by Gasteiger charge is -2.30. The van der Waals surface area contributed by atoms with E-state index in [9.17, 15) is 4.79 Å². The van der Waals surface area contributed by atoms with Gasteiger partial charge < -0.3 is 27.0 Å². The van der Waals surface area contributed by atoms with Crippen molar-refractivity contribution in [3.63, 3.8) is 0 Å². The Kier molecular flexibility index (Phi) is 6.67. The number of thioether (sulfide) groups is 1. The van der Waals surface area contributed by atoms with E-state index in [0.717, 1.165) is 33.0 Å². The van der Waals surface area contributed by atoms with Crippen molar-refractivity contribution in [2.75, 3.05) is 4.90 Å². The summed E-state index contributed by atoms with van der Waals surface area (Å²) in [6.07, 6.45) is 0. The van der Waals surface area contributed by atoms with Gasteiger partial charge in [-0.05, 0) is 34.9 Å². The zero-order valence-electron chi connectivity index (χ0n) is 16.8. The number of hydrogen-bond acceptors (Lipinski definition) is 5. The van der Waals surface area contributed by atoms with E-state index in [1.54, 1.807) is 11.8 Å². The summed E-state index contributed by atoms with van der Waals surface area (Å²) in [5.74, 6) is 0. The number of nitrogens with zero attached hydrogens (tertiary/aromatic N) is 1. The van der Waals surface area contributed by atoms with Gasteiger partial charge in [-0.3, -0.25) is 0 Å². The van der Waals surface area contributed by atoms with Crippen LogP contribution < -0.4 is 27.0 Å². The maximum absolute atomic E-state index is 12.7. The number of carbonyl (C=O) groups is 1. The lowest BCUT2D eigenvalue weighted by atomic mass is 10.1. The minimum absolute atomic E-state index is 0.269. The number of carbonyl (C=O) groups excluding carboxylic acids is 1. The first-order valence-corrected chi connectivity index (χ1v) is 11.2. The first-order chi connectivity index (χ1) is 15.1. The minimum Gasteiger partial charge on any atom is -0.334 e. The largest absolute Gasteiger partial charge is 0.334 e. The number of anilines is 2. The molecule has 1 aliphatic rings. The van der Waals surface area contributed by atoms with Crippen LogP contribution in [0.25, 0.3) is 0 Å². The molecule has 1 heterocycles. The third-order valence-corrected chi connectivity index (χ3v) is 6.52. The summed E-state index contributed by atoms with van der Waals surface area (Å²) in [4.78, 5) is 15.9. The van der Waals surface area contributed by atoms with E-state index in [0.29, 0.717) is 24.7 Å². The lowest BCUT2D eigenvalue weighted by molar-refractivity contribution is 0.240. The first kappa shape index (κ1) is 21.5. The van der Waals surface area contributed by atoms with Crippen molar-refractivity contribution >= 4 is 40.8 Å². The summed E-state index contributed by atoms with van der Waals surface area (Å²) in [5, 5.41) is 6.59. The number of fused-ring (bicyclic) bond motifs is 1. The molecule has 8 heteroatoms. The number of urea groups is 1. The predicted octanol–water partition coefficient (Wildman–Crippen LogP) is 4.28. The molecule has 2 amide bonds. The van der Waals surface area contributed by atoms with Crippen LogP contribution in [0.4, 0.5) is 16.2 Å². The summed E-state index contributed by atoms with van der Waals surface area (Å²) in [5.41, 5.74) is 16.1. The highest BCUT2D eigenvalue weighted by Crippen LogP contribution is 2.49. The van der Waals surface area contributed by atoms with Gasteiger partial charge in [-0.25, -0.2) is 4.79 Å². The van der Waals surface area contributed by atoms with Gasteiger partial charge in [0.25, 0.3) is 0 Å². The second-order valence-corrected chi connectivity index (χ2v) is 8.64. The molecule has 1 unspecified atom stereocenters. The molecule has 1 atom stereocenters. The average molecular weight is 454 g/mol. The second kappa shape index (κ2) is 9.62. The van der Waals surface area contributed by atoms with Crippen LogP contribution >= 0.6 is 23.4 Å². The number of halogens is 1. The molecule has 0 saturated heterocycles. The number of benzene rings is 3. The quantitative estimate of drug-likeness (QED) is 0.446. The van der Waals surface area contributed by atoms with Gasteiger partial charge in [-0.1, -0.05) is 71.9 Å². The molecule has 0 saturated carbocycles. The summed E-state index contributed by atoms with van der Waals surface area (Å²) < 4.78 is 0. The van der Waals surface area contributed by atoms with Crippen LogP contribution in [0.3, 0.4) is 0 Å². The molecule has 3 aromatic carbocycles. The van der Waals surface area contributed by atoms with Gasteiger partial charge in [0, 0.05) is 24.5 Å². The molecule has 0 aliphatic carbocycles. The van der Waals surface area contributed by atoms with Crippen LogP contribution in [0.15, 0.2) is 71.6 Å². The van der Waals surface area contributed by atoms with Crippen LogP contribution in [0.2, 0.25) is 5.02 Å². The van der Waals surface area contributed by atoms with E-state index < -0.39 is 0 Å². The number of nitrogens with one attached hydrogen (secondary N) is 2. The van der Waals surface area contributed by atoms with E-state index in [4.69, 9.17) is 23.1 Å². The summed E-state index contributed by atoms with van der Waals surface area (Å²) >= 11 is 8.14. The molecular weight excluding hydrogens is 430 g/mol. The zero-order valence-corrected chi connectivity index (χ0v) is 18.4. The molecule has 160 valence electrons. The molecule has 0 aromatic heterocycles. The van der Waals surface area contributed by atoms with Crippen molar-refractivity contribution in [3.05, 3.63) is 88.4 Å². The number of rotatable bonds is 6. The van der Waals surface area contributed by atoms with Gasteiger partial charge in [-0.15, -0.1) is 0 Å². The van der Waals surface area contributed by atoms with Crippen molar-refractivity contribution in [2.24, 2.45) is 11.5 Å². The van der Waals surface area contributed by atoms with Crippen LogP contribution in [0.5, 0.6) is 0 Å². The Morgan fingerprint density at radius 3 is 2.58 bits per heavy atom. The van der Waals surface area contributed by atoms with Gasteiger partial charge in [-0.2, -0.15) is 0 Å². The number of amides is 2. The van der Waals surface area contributed by atoms with Crippen molar-refractivity contribution in [2.45, 2.75) is 30.0 Å². The molecule has 3 aromatic rings. The number of para-hydroxylation sites is 2. The Balaban J connectivity index is 1.55. The molecule has 6 N–H and O–H groups in total. The Hall–Kier alpha value is -2.71. The lowest BCUT2D eigenvalue weighted by Crippen LogP contribution is -2.46. The Bertz CT molecular complexity index is 1090. The summed E-state index contributed by atoms with van der Waals surface area (Å²) in [6, 6.07) is 21.3. The zero-order chi connectivity index (χ0) is 21.8. The normalized spacial score (nSPS) is 14.9. The van der Waals surface area contributed by atoms with E-state index in [1.165, 1.54) is 0 Å². The van der Waals surface area contributed by atoms with E-state index in [1.807, 2.05) is 71.6 Å². The molecule has 4 rings (SSSR count). The predicted molar refractivity (Wildman–Crippen MR) is 127 cm³/mol. The maximum Gasteiger partial charge on any atom is 0.317 e. The van der Waals surface area contributed by atoms with E-state index >= 15 is 0 Å². The monoisotopic (exact) mass is 453 g/mol. The SMILES string of the molecule is NCc1cccc(CNC(=O)NC2Sc3ccccc3N2c2c(Cl)cccc2CN)c1. The van der Waals surface area contributed by atoms with Crippen LogP contribution in [0, 0.1) is 0 Å². The van der Waals surface area contributed by atoms with Crippen LogP contribution in [-0.4, -0.2) is 11.5 Å². The van der Waals surface area contributed by atoms with E-state index in [2.05, 4.69) is 10.6 Å². The summed E-state index contributed by atoms with van der Waals surface area (Å²) in [6.45, 7) is 1.22. The standard InChI is InChI=1S/C23H24ClN5OS/c24-18-8-4-7-17(13-26)21(18)29-19-9-1-2-10-20(19)31-23(29)28-22(30)27-14-16-6-3-5-15(11-16)12-25/h1-11,23H,12-14,25-26H2,(H2,27,28,30). The summed E-state index contributed by atoms with van der Waals surface area (Å²) in [7, 11) is 0. The maximum atomic E-state index is 12.7. The highest BCUT2D eigenvalue weighted by atomic mass is 35.5. The minimum atomic E-state index is -0.363. The topological polar surface area (TPSA) is 96.4 Å². The van der Waals surface area contributed by atoms with Gasteiger partial charge in [0.1, 0.15) is 0 Å². The fraction of sp³-hybridized carbons (Fsp3) is 0.174. The van der Waals surface area contributed by atoms with Crippen molar-refractivity contribution in [3.8, 4) is 0 Å². The number of hydrogen-bond donors (Lipinski definition) is 4. The first-order valence-electron chi connectivity index (χ1n) is 9.95. The molecule has 6 nitrogen and oxygen atoms in total. The second-order valence-electron chi connectivity index (χ2n) is 7.11. The smallest absolute Gasteiger partial charge is 0.317 e. The Morgan fingerprint density at radius 2 is 1.77 bits per heavy atom. The molecule has 0 bridgehead atoms. The van der Waals surface area contributed by atoms with Crippen molar-refractivity contribution in [1.29, 1.82) is 0 Å². The fourth-order valence-corrected chi connectivity index (χ4v) is 5.05. The molecule has 0 radical (unpaired) electrons. The molecular formula is C23H24ClN5OS. The third kappa shape index (κ3) is 4.65. The van der Waals surface area contributed by atoms with Crippen molar-refractivity contribution in [1.82, 2.24) is 10.6 Å². The highest BCUT2D eigenvalue weighted by molar-refractivity contribution is 8.00. The Labute approximate surface area is 190 Å². The van der Waals surface area contributed by atoms with Gasteiger partial charge >= 0.3 is 6.03 Å². The highest BCUT2D eigenvalue weighted by Gasteiger charge is 2.34. The van der Waals surface area contributed by atoms with Gasteiger partial charge in [0.05, 0.1) is 16.4 Å². The van der Waals surface area contributed by atoms with Crippen LogP contribution in [0.1, 0.15) is 16.7 Å². The van der Waals surface area contributed by atoms with Crippen molar-refractivity contribution < 1.29 is 4.79 Å². The Morgan fingerprint density at radius 1 is 1.00 bits per heavy atom. The molecule has 31 heavy (non-hydrogen) atoms. The van der Waals surface area contributed by atoms with Crippen LogP contribution in [-0.2, 0) is 19.6 Å². The third-order valence-electron chi connectivity index (χ3n) is 5.06. The van der Waals surface area contributed by atoms with Gasteiger partial charge in [0.15, 0.2) is 5.50 Å². The number of nitrogens with two attached hydrogens (primary N) is 2. The molecule has 0 fully saturated rings. The van der Waals surface area contributed by atoms with Gasteiger partial charge in [0.2, 0.25) is 0 Å². The average Bonchev–Trinajstić information content (AvgIpc) is 3.15. The fourth-order valence-electron chi connectivity index (χ4n) is 3.59. The van der Waals surface area contributed by atoms with E-state index in [-0.39, 0.29) is 11.5 Å². The molecule has 0 spiro atoms. The molecule has 1 aliphatic heterocycles.